The molecule has 0 aromatic heterocycles. The van der Waals surface area contributed by atoms with Gasteiger partial charge in [-0.05, 0) is 6.92 Å². The van der Waals surface area contributed by atoms with Gasteiger partial charge in [0.2, 0.25) is 0 Å². The Bertz CT molecular complexity index is 230. The lowest BCUT2D eigenvalue weighted by Crippen LogP contribution is -2.63. The molecule has 0 unspecified atom stereocenters. The van der Waals surface area contributed by atoms with Crippen LogP contribution in [0.3, 0.4) is 0 Å². The Morgan fingerprint density at radius 1 is 1.50 bits per heavy atom. The smallest absolute Gasteiger partial charge is 0.186 e. The van der Waals surface area contributed by atoms with Crippen LogP contribution in [0.25, 0.3) is 0 Å². The van der Waals surface area contributed by atoms with E-state index >= 15 is 0 Å². The second kappa shape index (κ2) is 3.92. The molecule has 4 N–H and O–H groups in total. The molecular formula is C8H14O6. The molecule has 0 aromatic carbocycles. The maximum atomic E-state index is 10.8. The first-order valence-electron chi connectivity index (χ1n) is 4.25. The number of aliphatic hydroxyl groups excluding tert-OH is 3. The maximum Gasteiger partial charge on any atom is 0.186 e. The van der Waals surface area contributed by atoms with Gasteiger partial charge in [-0.25, -0.2) is 0 Å². The summed E-state index contributed by atoms with van der Waals surface area (Å²) in [6, 6.07) is 0. The van der Waals surface area contributed by atoms with E-state index in [9.17, 15) is 25.2 Å². The van der Waals surface area contributed by atoms with Crippen LogP contribution in [0.15, 0.2) is 0 Å². The van der Waals surface area contributed by atoms with Gasteiger partial charge in [0, 0.05) is 6.42 Å². The number of Topliss-reactive ketones (excluding diaryl/α,β-unsaturated/α-hetero) is 1. The van der Waals surface area contributed by atoms with Gasteiger partial charge in [-0.1, -0.05) is 0 Å². The number of carbonyl (C=O) groups excluding carboxylic acids is 1. The van der Waals surface area contributed by atoms with Crippen molar-refractivity contribution in [3.8, 4) is 0 Å². The number of hydrogen-bond donors (Lipinski definition) is 4. The van der Waals surface area contributed by atoms with Gasteiger partial charge in [0.1, 0.15) is 18.0 Å². The summed E-state index contributed by atoms with van der Waals surface area (Å²) in [6.07, 6.45) is -5.02. The minimum Gasteiger partial charge on any atom is -0.388 e. The molecule has 0 amide bonds. The van der Waals surface area contributed by atoms with E-state index in [2.05, 4.69) is 4.74 Å². The quantitative estimate of drug-likeness (QED) is 0.407. The van der Waals surface area contributed by atoms with Crippen LogP contribution in [0.4, 0.5) is 0 Å². The highest BCUT2D eigenvalue weighted by molar-refractivity contribution is 5.76. The number of carbonyl (C=O) groups is 1. The highest BCUT2D eigenvalue weighted by atomic mass is 16.6. The van der Waals surface area contributed by atoms with Crippen LogP contribution in [0.5, 0.6) is 0 Å². The second-order valence-electron chi connectivity index (χ2n) is 3.57. The van der Waals surface area contributed by atoms with E-state index in [-0.39, 0.29) is 6.61 Å². The summed E-state index contributed by atoms with van der Waals surface area (Å²) in [7, 11) is 0. The largest absolute Gasteiger partial charge is 0.388 e. The Kier molecular flexibility index (Phi) is 3.23. The molecule has 14 heavy (non-hydrogen) atoms. The SMILES string of the molecule is CC(=O)C[C@]1(O)[C@H](O)OC[C@@H](O)[C@@H]1O. The van der Waals surface area contributed by atoms with Crippen LogP contribution in [0.1, 0.15) is 13.3 Å². The van der Waals surface area contributed by atoms with E-state index in [1.165, 1.54) is 6.92 Å². The normalized spacial score (nSPS) is 43.6. The molecule has 1 aliphatic heterocycles. The Labute approximate surface area is 80.7 Å². The summed E-state index contributed by atoms with van der Waals surface area (Å²) in [6.45, 7) is 0.931. The molecule has 1 fully saturated rings. The van der Waals surface area contributed by atoms with Gasteiger partial charge >= 0.3 is 0 Å². The fourth-order valence-corrected chi connectivity index (χ4v) is 1.50. The summed E-state index contributed by atoms with van der Waals surface area (Å²) in [5, 5.41) is 37.6. The predicted molar refractivity (Wildman–Crippen MR) is 44.2 cm³/mol. The molecule has 0 bridgehead atoms. The lowest BCUT2D eigenvalue weighted by molar-refractivity contribution is -0.301. The summed E-state index contributed by atoms with van der Waals surface area (Å²) in [5.41, 5.74) is -2.12. The van der Waals surface area contributed by atoms with Gasteiger partial charge in [-0.3, -0.25) is 4.79 Å². The standard InChI is InChI=1S/C8H14O6/c1-4(9)2-8(13)6(11)5(10)3-14-7(8)12/h5-7,10-13H,2-3H2,1H3/t5-,6+,7-,8-/m1/s1. The Balaban J connectivity index is 2.83. The van der Waals surface area contributed by atoms with Crippen LogP contribution in [0.2, 0.25) is 0 Å². The molecule has 1 aliphatic rings. The number of aliphatic hydroxyl groups is 4. The number of ether oxygens (including phenoxy) is 1. The molecular weight excluding hydrogens is 192 g/mol. The van der Waals surface area contributed by atoms with Crippen molar-refractivity contribution in [1.82, 2.24) is 0 Å². The molecule has 0 spiro atoms. The van der Waals surface area contributed by atoms with Crippen molar-refractivity contribution < 1.29 is 30.0 Å². The highest BCUT2D eigenvalue weighted by Gasteiger charge is 2.51. The number of hydrogen-bond acceptors (Lipinski definition) is 6. The first kappa shape index (κ1) is 11.5. The number of rotatable bonds is 2. The fourth-order valence-electron chi connectivity index (χ4n) is 1.50. The third kappa shape index (κ3) is 1.94. The van der Waals surface area contributed by atoms with E-state index in [1.807, 2.05) is 0 Å². The van der Waals surface area contributed by atoms with E-state index in [0.29, 0.717) is 0 Å². The third-order valence-corrected chi connectivity index (χ3v) is 2.26. The molecule has 0 radical (unpaired) electrons. The highest BCUT2D eigenvalue weighted by Crippen LogP contribution is 2.28. The summed E-state index contributed by atoms with van der Waals surface area (Å²) in [5.74, 6) is -0.414. The molecule has 6 nitrogen and oxygen atoms in total. The van der Waals surface area contributed by atoms with Crippen molar-refractivity contribution in [2.45, 2.75) is 37.4 Å². The predicted octanol–water partition coefficient (Wildman–Crippen LogP) is -2.23. The number of ketones is 1. The van der Waals surface area contributed by atoms with E-state index in [1.54, 1.807) is 0 Å². The van der Waals surface area contributed by atoms with Crippen LogP contribution in [0, 0.1) is 0 Å². The molecule has 1 rings (SSSR count). The molecule has 6 heteroatoms. The topological polar surface area (TPSA) is 107 Å². The monoisotopic (exact) mass is 206 g/mol. The Morgan fingerprint density at radius 3 is 2.57 bits per heavy atom. The zero-order valence-corrected chi connectivity index (χ0v) is 7.75. The van der Waals surface area contributed by atoms with Crippen molar-refractivity contribution in [3.63, 3.8) is 0 Å². The van der Waals surface area contributed by atoms with E-state index in [4.69, 9.17) is 0 Å². The lowest BCUT2D eigenvalue weighted by Gasteiger charge is -2.42. The third-order valence-electron chi connectivity index (χ3n) is 2.26. The van der Waals surface area contributed by atoms with Gasteiger partial charge in [-0.15, -0.1) is 0 Å². The summed E-state index contributed by atoms with van der Waals surface area (Å²) in [4.78, 5) is 10.8. The Hall–Kier alpha value is -0.530. The average Bonchev–Trinajstić information content (AvgIpc) is 2.08. The minimum atomic E-state index is -2.12. The Morgan fingerprint density at radius 2 is 2.07 bits per heavy atom. The van der Waals surface area contributed by atoms with E-state index in [0.717, 1.165) is 0 Å². The van der Waals surface area contributed by atoms with Gasteiger partial charge in [0.25, 0.3) is 0 Å². The molecule has 0 aromatic rings. The summed E-state index contributed by atoms with van der Waals surface area (Å²) >= 11 is 0. The van der Waals surface area contributed by atoms with Gasteiger partial charge < -0.3 is 25.2 Å². The first-order valence-corrected chi connectivity index (χ1v) is 4.25. The first-order chi connectivity index (χ1) is 6.38. The van der Waals surface area contributed by atoms with Crippen molar-refractivity contribution in [3.05, 3.63) is 0 Å². The van der Waals surface area contributed by atoms with Crippen molar-refractivity contribution in [1.29, 1.82) is 0 Å². The van der Waals surface area contributed by atoms with E-state index < -0.39 is 36.3 Å². The van der Waals surface area contributed by atoms with Crippen molar-refractivity contribution in [2.24, 2.45) is 0 Å². The lowest BCUT2D eigenvalue weighted by atomic mass is 9.85. The minimum absolute atomic E-state index is 0.275. The molecule has 0 saturated carbocycles. The van der Waals surface area contributed by atoms with Crippen LogP contribution in [-0.4, -0.2) is 56.9 Å². The fraction of sp³-hybridized carbons (Fsp3) is 0.875. The molecule has 0 aliphatic carbocycles. The maximum absolute atomic E-state index is 10.8. The molecule has 1 saturated heterocycles. The van der Waals surface area contributed by atoms with Crippen LogP contribution < -0.4 is 0 Å². The zero-order valence-electron chi connectivity index (χ0n) is 7.75. The van der Waals surface area contributed by atoms with Crippen molar-refractivity contribution in [2.75, 3.05) is 6.61 Å². The van der Waals surface area contributed by atoms with Gasteiger partial charge in [0.05, 0.1) is 6.61 Å². The molecule has 4 atom stereocenters. The molecule has 82 valence electrons. The zero-order chi connectivity index (χ0) is 10.9. The van der Waals surface area contributed by atoms with Crippen LogP contribution >= 0.6 is 0 Å². The molecule has 1 heterocycles. The van der Waals surface area contributed by atoms with Gasteiger partial charge in [-0.2, -0.15) is 0 Å². The summed E-state index contributed by atoms with van der Waals surface area (Å²) < 4.78 is 4.62. The van der Waals surface area contributed by atoms with Gasteiger partial charge in [0.15, 0.2) is 11.9 Å². The second-order valence-corrected chi connectivity index (χ2v) is 3.57. The van der Waals surface area contributed by atoms with Crippen molar-refractivity contribution >= 4 is 5.78 Å². The average molecular weight is 206 g/mol. The van der Waals surface area contributed by atoms with Crippen LogP contribution in [-0.2, 0) is 9.53 Å².